The predicted octanol–water partition coefficient (Wildman–Crippen LogP) is 3.02. The third-order valence-corrected chi connectivity index (χ3v) is 8.96. The molecule has 0 spiro atoms. The Kier molecular flexibility index (Phi) is 12.2. The Balaban J connectivity index is 0.000000160. The summed E-state index contributed by atoms with van der Waals surface area (Å²) in [7, 11) is 0. The van der Waals surface area contributed by atoms with Crippen LogP contribution in [0.2, 0.25) is 0 Å². The number of fused-ring (bicyclic) bond motifs is 3. The molecule has 31 heavy (non-hydrogen) atoms. The molecule has 0 aliphatic heterocycles. The molecule has 0 bridgehead atoms. The zero-order valence-electron chi connectivity index (χ0n) is 21.1. The van der Waals surface area contributed by atoms with Crippen LogP contribution in [0.4, 0.5) is 0 Å². The summed E-state index contributed by atoms with van der Waals surface area (Å²) in [5.74, 6) is 6.29. The van der Waals surface area contributed by atoms with Crippen molar-refractivity contribution in [3.8, 4) is 0 Å². The minimum atomic E-state index is 0. The van der Waals surface area contributed by atoms with Crippen LogP contribution in [0.5, 0.6) is 0 Å². The molecule has 0 radical (unpaired) electrons. The smallest absolute Gasteiger partial charge is 0.0767 e. The molecule has 4 saturated carbocycles. The van der Waals surface area contributed by atoms with Gasteiger partial charge in [-0.15, -0.1) is 0 Å². The summed E-state index contributed by atoms with van der Waals surface area (Å²) in [6.45, 7) is 4.68. The largest absolute Gasteiger partial charge is 1.00 e. The Bertz CT molecular complexity index is 652. The third kappa shape index (κ3) is 7.32. The topological polar surface area (TPSA) is 0 Å². The molecule has 1 aromatic rings. The standard InChI is InChI=1S/C10H18.C10H10.C9H16.2Li/c2*1-8-6-7-9-4-2-3-5-10(8)9;1-2-5-9-7-3-6-8(9)4-1;;/h8-10H,2-7H2,1H3;2-8H,1H3;8-9H,1-7H2;;/q;;;2*+1. The SMILES string of the molecule is C1CCC2CCCC2C1.CC1C=Cc2ccccc21.CC1CCC2CCCCC12.[Li+].[Li+]. The van der Waals surface area contributed by atoms with Crippen LogP contribution in [0.25, 0.3) is 6.08 Å². The normalized spacial score (nSPS) is 34.4. The molecule has 0 N–H and O–H groups in total. The Labute approximate surface area is 217 Å². The van der Waals surface area contributed by atoms with Gasteiger partial charge < -0.3 is 0 Å². The van der Waals surface area contributed by atoms with Crippen LogP contribution < -0.4 is 37.7 Å². The first-order valence-corrected chi connectivity index (χ1v) is 13.0. The fraction of sp³-hybridized carbons (Fsp3) is 0.724. The number of hydrogen-bond donors (Lipinski definition) is 0. The average Bonchev–Trinajstić information content (AvgIpc) is 3.49. The van der Waals surface area contributed by atoms with Crippen molar-refractivity contribution in [2.75, 3.05) is 0 Å². The minimum absolute atomic E-state index is 0. The first-order valence-electron chi connectivity index (χ1n) is 13.0. The molecule has 6 rings (SSSR count). The van der Waals surface area contributed by atoms with Crippen LogP contribution >= 0.6 is 0 Å². The molecule has 160 valence electrons. The second-order valence-corrected chi connectivity index (χ2v) is 10.8. The maximum absolute atomic E-state index is 2.45. The van der Waals surface area contributed by atoms with Crippen molar-refractivity contribution < 1.29 is 37.7 Å². The van der Waals surface area contributed by atoms with Gasteiger partial charge in [-0.2, -0.15) is 0 Å². The van der Waals surface area contributed by atoms with Gasteiger partial charge in [0.15, 0.2) is 0 Å². The first-order chi connectivity index (χ1) is 14.2. The van der Waals surface area contributed by atoms with E-state index in [-0.39, 0.29) is 37.7 Å². The molecule has 4 fully saturated rings. The molecule has 1 aromatic carbocycles. The van der Waals surface area contributed by atoms with Crippen LogP contribution in [0.15, 0.2) is 30.3 Å². The van der Waals surface area contributed by atoms with E-state index < -0.39 is 0 Å². The van der Waals surface area contributed by atoms with Gasteiger partial charge in [-0.25, -0.2) is 0 Å². The van der Waals surface area contributed by atoms with Crippen LogP contribution in [0.1, 0.15) is 114 Å². The number of rotatable bonds is 0. The van der Waals surface area contributed by atoms with Crippen molar-refractivity contribution in [3.05, 3.63) is 41.5 Å². The zero-order valence-corrected chi connectivity index (χ0v) is 21.1. The van der Waals surface area contributed by atoms with Crippen molar-refractivity contribution in [2.45, 2.75) is 103 Å². The van der Waals surface area contributed by atoms with Gasteiger partial charge in [0.2, 0.25) is 0 Å². The predicted molar refractivity (Wildman–Crippen MR) is 127 cm³/mol. The van der Waals surface area contributed by atoms with Crippen LogP contribution in [0, 0.1) is 29.6 Å². The van der Waals surface area contributed by atoms with Crippen LogP contribution in [0.3, 0.4) is 0 Å². The number of hydrogen-bond acceptors (Lipinski definition) is 0. The van der Waals surface area contributed by atoms with E-state index in [4.69, 9.17) is 0 Å². The van der Waals surface area contributed by atoms with E-state index in [1.165, 1.54) is 61.5 Å². The average molecular weight is 407 g/mol. The molecule has 5 aliphatic carbocycles. The van der Waals surface area contributed by atoms with Crippen molar-refractivity contribution >= 4 is 6.08 Å². The summed E-state index contributed by atoms with van der Waals surface area (Å²) in [6, 6.07) is 8.54. The van der Waals surface area contributed by atoms with E-state index in [9.17, 15) is 0 Å². The molecule has 0 aromatic heterocycles. The monoisotopic (exact) mass is 406 g/mol. The molecule has 0 amide bonds. The van der Waals surface area contributed by atoms with Gasteiger partial charge in [0.05, 0.1) is 0 Å². The quantitative estimate of drug-likeness (QED) is 0.581. The van der Waals surface area contributed by atoms with Crippen molar-refractivity contribution in [1.29, 1.82) is 0 Å². The molecule has 5 aliphatic rings. The maximum Gasteiger partial charge on any atom is 1.00 e. The molecule has 0 saturated heterocycles. The molecular weight excluding hydrogens is 362 g/mol. The number of allylic oxidation sites excluding steroid dienone is 1. The molecule has 6 atom stereocenters. The van der Waals surface area contributed by atoms with Gasteiger partial charge >= 0.3 is 37.7 Å². The van der Waals surface area contributed by atoms with E-state index in [1.807, 2.05) is 0 Å². The summed E-state index contributed by atoms with van der Waals surface area (Å²) in [5, 5.41) is 0. The molecule has 0 heterocycles. The first kappa shape index (κ1) is 27.4. The summed E-state index contributed by atoms with van der Waals surface area (Å²) in [4.78, 5) is 0. The van der Waals surface area contributed by atoms with E-state index in [0.29, 0.717) is 5.92 Å². The second kappa shape index (κ2) is 13.8. The molecular formula is C29H44Li2+2. The Morgan fingerprint density at radius 2 is 1.19 bits per heavy atom. The zero-order chi connectivity index (χ0) is 20.1. The van der Waals surface area contributed by atoms with Crippen molar-refractivity contribution in [2.24, 2.45) is 29.6 Å². The summed E-state index contributed by atoms with van der Waals surface area (Å²) in [5.41, 5.74) is 2.84. The number of benzene rings is 1. The van der Waals surface area contributed by atoms with Crippen molar-refractivity contribution in [3.63, 3.8) is 0 Å². The van der Waals surface area contributed by atoms with Gasteiger partial charge in [-0.05, 0) is 59.5 Å². The van der Waals surface area contributed by atoms with E-state index >= 15 is 0 Å². The van der Waals surface area contributed by atoms with Crippen LogP contribution in [-0.4, -0.2) is 0 Å². The molecule has 2 heteroatoms. The molecule has 0 nitrogen and oxygen atoms in total. The van der Waals surface area contributed by atoms with Gasteiger partial charge in [0.1, 0.15) is 0 Å². The Morgan fingerprint density at radius 3 is 1.84 bits per heavy atom. The van der Waals surface area contributed by atoms with Gasteiger partial charge in [0.25, 0.3) is 0 Å². The van der Waals surface area contributed by atoms with Crippen LogP contribution in [-0.2, 0) is 0 Å². The maximum atomic E-state index is 2.45. The Hall–Kier alpha value is 0.155. The van der Waals surface area contributed by atoms with E-state index in [1.54, 1.807) is 44.9 Å². The Morgan fingerprint density at radius 1 is 0.613 bits per heavy atom. The second-order valence-electron chi connectivity index (χ2n) is 10.8. The fourth-order valence-electron chi connectivity index (χ4n) is 7.15. The van der Waals surface area contributed by atoms with Crippen molar-refractivity contribution in [1.82, 2.24) is 0 Å². The van der Waals surface area contributed by atoms with E-state index in [2.05, 4.69) is 50.3 Å². The van der Waals surface area contributed by atoms with E-state index in [0.717, 1.165) is 17.8 Å². The fourth-order valence-corrected chi connectivity index (χ4v) is 7.15. The molecule has 6 unspecified atom stereocenters. The van der Waals surface area contributed by atoms with Gasteiger partial charge in [-0.1, -0.05) is 121 Å². The minimum Gasteiger partial charge on any atom is -0.0767 e. The summed E-state index contributed by atoms with van der Waals surface area (Å²) >= 11 is 0. The summed E-state index contributed by atoms with van der Waals surface area (Å²) in [6.07, 6.45) is 24.5. The van der Waals surface area contributed by atoms with Gasteiger partial charge in [0, 0.05) is 0 Å². The summed E-state index contributed by atoms with van der Waals surface area (Å²) < 4.78 is 0. The van der Waals surface area contributed by atoms with Gasteiger partial charge in [-0.3, -0.25) is 0 Å². The third-order valence-electron chi connectivity index (χ3n) is 8.96.